The van der Waals surface area contributed by atoms with Crippen molar-refractivity contribution >= 4 is 11.5 Å². The van der Waals surface area contributed by atoms with Crippen LogP contribution in [0.25, 0.3) is 0 Å². The smallest absolute Gasteiger partial charge is 0.146 e. The molecule has 0 bridgehead atoms. The van der Waals surface area contributed by atoms with E-state index in [4.69, 9.17) is 11.0 Å². The summed E-state index contributed by atoms with van der Waals surface area (Å²) in [6.07, 6.45) is 2.72. The highest BCUT2D eigenvalue weighted by Crippen LogP contribution is 2.22. The first-order valence-corrected chi connectivity index (χ1v) is 6.26. The predicted octanol–water partition coefficient (Wildman–Crippen LogP) is 1.07. The fraction of sp³-hybridized carbons (Fsp3) is 0.538. The van der Waals surface area contributed by atoms with Gasteiger partial charge in [-0.15, -0.1) is 0 Å². The number of rotatable bonds is 2. The molecule has 1 unspecified atom stereocenters. The Labute approximate surface area is 108 Å². The van der Waals surface area contributed by atoms with Crippen molar-refractivity contribution in [2.24, 2.45) is 0 Å². The quantitative estimate of drug-likeness (QED) is 0.844. The molecule has 0 aromatic carbocycles. The van der Waals surface area contributed by atoms with Crippen molar-refractivity contribution in [3.05, 3.63) is 17.8 Å². The number of anilines is 2. The largest absolute Gasteiger partial charge is 0.397 e. The molecule has 0 amide bonds. The molecule has 1 fully saturated rings. The molecule has 5 heteroatoms. The van der Waals surface area contributed by atoms with E-state index in [2.05, 4.69) is 34.8 Å². The fourth-order valence-corrected chi connectivity index (χ4v) is 2.39. The first kappa shape index (κ1) is 12.7. The molecule has 1 atom stereocenters. The number of nitrogens with two attached hydrogens (primary N) is 1. The van der Waals surface area contributed by atoms with Crippen molar-refractivity contribution in [1.29, 1.82) is 5.26 Å². The van der Waals surface area contributed by atoms with Gasteiger partial charge in [-0.2, -0.15) is 5.26 Å². The average molecular weight is 245 g/mol. The zero-order chi connectivity index (χ0) is 13.1. The third-order valence-electron chi connectivity index (χ3n) is 3.56. The second-order valence-electron chi connectivity index (χ2n) is 4.74. The lowest BCUT2D eigenvalue weighted by molar-refractivity contribution is 0.213. The van der Waals surface area contributed by atoms with Gasteiger partial charge in [-0.05, 0) is 19.5 Å². The zero-order valence-corrected chi connectivity index (χ0v) is 10.9. The summed E-state index contributed by atoms with van der Waals surface area (Å²) in [5, 5.41) is 9.17. The van der Waals surface area contributed by atoms with Crippen molar-refractivity contribution in [2.75, 3.05) is 37.3 Å². The molecule has 0 radical (unpaired) electrons. The summed E-state index contributed by atoms with van der Waals surface area (Å²) in [6, 6.07) is 4.39. The second-order valence-corrected chi connectivity index (χ2v) is 4.74. The highest BCUT2D eigenvalue weighted by molar-refractivity contribution is 5.59. The Balaban J connectivity index is 2.25. The third kappa shape index (κ3) is 2.39. The van der Waals surface area contributed by atoms with Crippen LogP contribution in [0.15, 0.2) is 12.3 Å². The van der Waals surface area contributed by atoms with Gasteiger partial charge in [-0.25, -0.2) is 4.98 Å². The Morgan fingerprint density at radius 2 is 2.33 bits per heavy atom. The van der Waals surface area contributed by atoms with E-state index in [1.807, 2.05) is 0 Å². The predicted molar refractivity (Wildman–Crippen MR) is 72.3 cm³/mol. The highest BCUT2D eigenvalue weighted by atomic mass is 15.3. The molecular weight excluding hydrogens is 226 g/mol. The van der Waals surface area contributed by atoms with E-state index in [0.29, 0.717) is 17.3 Å². The summed E-state index contributed by atoms with van der Waals surface area (Å²) in [4.78, 5) is 8.87. The molecule has 2 rings (SSSR count). The minimum atomic E-state index is 0.518. The van der Waals surface area contributed by atoms with E-state index in [9.17, 15) is 0 Å². The van der Waals surface area contributed by atoms with Crippen LogP contribution < -0.4 is 10.6 Å². The molecule has 18 heavy (non-hydrogen) atoms. The van der Waals surface area contributed by atoms with Gasteiger partial charge in [-0.3, -0.25) is 4.90 Å². The minimum Gasteiger partial charge on any atom is -0.397 e. The molecule has 0 saturated carbocycles. The van der Waals surface area contributed by atoms with E-state index < -0.39 is 0 Å². The van der Waals surface area contributed by atoms with Crippen LogP contribution in [-0.4, -0.2) is 42.6 Å². The van der Waals surface area contributed by atoms with E-state index >= 15 is 0 Å². The molecule has 1 aliphatic rings. The van der Waals surface area contributed by atoms with Gasteiger partial charge in [0.2, 0.25) is 0 Å². The Hall–Kier alpha value is -1.80. The van der Waals surface area contributed by atoms with Gasteiger partial charge >= 0.3 is 0 Å². The number of pyridine rings is 1. The Bertz CT molecular complexity index is 465. The summed E-state index contributed by atoms with van der Waals surface area (Å²) >= 11 is 0. The van der Waals surface area contributed by atoms with Gasteiger partial charge in [-0.1, -0.05) is 6.92 Å². The average Bonchev–Trinajstić information content (AvgIpc) is 2.39. The highest BCUT2D eigenvalue weighted by Gasteiger charge is 2.25. The normalized spacial score (nSPS) is 20.7. The topological polar surface area (TPSA) is 69.2 Å². The molecule has 0 aliphatic carbocycles. The summed E-state index contributed by atoms with van der Waals surface area (Å²) in [6.45, 7) is 5.00. The van der Waals surface area contributed by atoms with Crippen LogP contribution in [-0.2, 0) is 0 Å². The summed E-state index contributed by atoms with van der Waals surface area (Å²) in [7, 11) is 2.15. The number of aromatic nitrogens is 1. The van der Waals surface area contributed by atoms with Gasteiger partial charge < -0.3 is 10.6 Å². The number of nitrogen functional groups attached to an aromatic ring is 1. The van der Waals surface area contributed by atoms with Crippen LogP contribution in [0.5, 0.6) is 0 Å². The van der Waals surface area contributed by atoms with E-state index in [1.54, 1.807) is 12.3 Å². The summed E-state index contributed by atoms with van der Waals surface area (Å²) < 4.78 is 0. The number of nitrogens with zero attached hydrogens (tertiary/aromatic N) is 4. The Kier molecular flexibility index (Phi) is 3.68. The van der Waals surface area contributed by atoms with E-state index in [-0.39, 0.29) is 0 Å². The van der Waals surface area contributed by atoms with Crippen molar-refractivity contribution in [2.45, 2.75) is 19.4 Å². The molecule has 5 nitrogen and oxygen atoms in total. The minimum absolute atomic E-state index is 0.518. The van der Waals surface area contributed by atoms with Crippen LogP contribution in [0.3, 0.4) is 0 Å². The lowest BCUT2D eigenvalue weighted by atomic mass is 10.1. The number of likely N-dealkylation sites (N-methyl/N-ethyl adjacent to an activating group) is 1. The number of hydrogen-bond acceptors (Lipinski definition) is 5. The van der Waals surface area contributed by atoms with Crippen LogP contribution >= 0.6 is 0 Å². The standard InChI is InChI=1S/C13H19N5/c1-3-12-9-18(5-4-17(12)2)13-10(7-14)6-11(15)8-16-13/h6,8,12H,3-5,9,15H2,1-2H3. The molecule has 2 N–H and O–H groups in total. The van der Waals surface area contributed by atoms with Gasteiger partial charge in [0.05, 0.1) is 17.4 Å². The lowest BCUT2D eigenvalue weighted by Gasteiger charge is -2.39. The number of hydrogen-bond donors (Lipinski definition) is 1. The van der Waals surface area contributed by atoms with Gasteiger partial charge in [0.1, 0.15) is 11.9 Å². The monoisotopic (exact) mass is 245 g/mol. The first-order chi connectivity index (χ1) is 8.65. The molecule has 2 heterocycles. The number of piperazine rings is 1. The van der Waals surface area contributed by atoms with Crippen LogP contribution in [0, 0.1) is 11.3 Å². The molecule has 96 valence electrons. The first-order valence-electron chi connectivity index (χ1n) is 6.26. The maximum Gasteiger partial charge on any atom is 0.146 e. The van der Waals surface area contributed by atoms with E-state index in [1.165, 1.54) is 0 Å². The maximum atomic E-state index is 9.17. The zero-order valence-electron chi connectivity index (χ0n) is 10.9. The SMILES string of the molecule is CCC1CN(c2ncc(N)cc2C#N)CCN1C. The van der Waals surface area contributed by atoms with Gasteiger partial charge in [0.25, 0.3) is 0 Å². The fourth-order valence-electron chi connectivity index (χ4n) is 2.39. The summed E-state index contributed by atoms with van der Waals surface area (Å²) in [5.41, 5.74) is 6.77. The summed E-state index contributed by atoms with van der Waals surface area (Å²) in [5.74, 6) is 0.762. The molecule has 1 aromatic heterocycles. The van der Waals surface area contributed by atoms with Gasteiger partial charge in [0.15, 0.2) is 0 Å². The van der Waals surface area contributed by atoms with Crippen molar-refractivity contribution in [3.63, 3.8) is 0 Å². The van der Waals surface area contributed by atoms with Crippen LogP contribution in [0.1, 0.15) is 18.9 Å². The maximum absolute atomic E-state index is 9.17. The van der Waals surface area contributed by atoms with E-state index in [0.717, 1.165) is 31.9 Å². The van der Waals surface area contributed by atoms with Crippen molar-refractivity contribution in [3.8, 4) is 6.07 Å². The molecule has 0 spiro atoms. The lowest BCUT2D eigenvalue weighted by Crippen LogP contribution is -2.51. The molecule has 1 aliphatic heterocycles. The number of nitriles is 1. The van der Waals surface area contributed by atoms with Crippen LogP contribution in [0.2, 0.25) is 0 Å². The Morgan fingerprint density at radius 1 is 1.56 bits per heavy atom. The second kappa shape index (κ2) is 5.23. The molecular formula is C13H19N5. The van der Waals surface area contributed by atoms with Crippen LogP contribution in [0.4, 0.5) is 11.5 Å². The molecule has 1 saturated heterocycles. The van der Waals surface area contributed by atoms with Gasteiger partial charge in [0, 0.05) is 25.7 Å². The third-order valence-corrected chi connectivity index (χ3v) is 3.56. The molecule has 1 aromatic rings. The van der Waals surface area contributed by atoms with Crippen molar-refractivity contribution in [1.82, 2.24) is 9.88 Å². The Morgan fingerprint density at radius 3 is 3.00 bits per heavy atom. The van der Waals surface area contributed by atoms with Crippen molar-refractivity contribution < 1.29 is 0 Å².